The van der Waals surface area contributed by atoms with Crippen LogP contribution in [0.4, 0.5) is 0 Å². The third-order valence-corrected chi connectivity index (χ3v) is 4.62. The predicted octanol–water partition coefficient (Wildman–Crippen LogP) is 4.37. The molecule has 0 heterocycles. The van der Waals surface area contributed by atoms with Crippen molar-refractivity contribution in [3.63, 3.8) is 0 Å². The Bertz CT molecular complexity index is 748. The van der Waals surface area contributed by atoms with Crippen molar-refractivity contribution in [1.82, 2.24) is 0 Å². The van der Waals surface area contributed by atoms with E-state index in [4.69, 9.17) is 11.6 Å². The van der Waals surface area contributed by atoms with E-state index in [1.807, 2.05) is 42.5 Å². The Labute approximate surface area is 139 Å². The number of ketones is 1. The van der Waals surface area contributed by atoms with E-state index >= 15 is 0 Å². The molecule has 1 N–H and O–H groups in total. The molecule has 0 aromatic heterocycles. The third-order valence-electron chi connectivity index (χ3n) is 4.39. The fourth-order valence-electron chi connectivity index (χ4n) is 2.86. The van der Waals surface area contributed by atoms with Crippen molar-refractivity contribution in [2.75, 3.05) is 0 Å². The number of carboxylic acid groups (broad SMARTS) is 1. The van der Waals surface area contributed by atoms with Crippen LogP contribution in [-0.2, 0) is 16.0 Å². The second-order valence-electron chi connectivity index (χ2n) is 6.15. The number of carbonyl (C=O) groups is 2. The van der Waals surface area contributed by atoms with Gasteiger partial charge in [-0.1, -0.05) is 48.0 Å². The maximum absolute atomic E-state index is 12.3. The summed E-state index contributed by atoms with van der Waals surface area (Å²) in [4.78, 5) is 23.6. The maximum atomic E-state index is 12.3. The molecule has 0 amide bonds. The molecule has 3 nitrogen and oxygen atoms in total. The fraction of sp³-hybridized carbons (Fsp3) is 0.263. The van der Waals surface area contributed by atoms with Crippen molar-refractivity contribution < 1.29 is 14.7 Å². The van der Waals surface area contributed by atoms with Crippen molar-refractivity contribution in [1.29, 1.82) is 0 Å². The molecule has 23 heavy (non-hydrogen) atoms. The van der Waals surface area contributed by atoms with Gasteiger partial charge in [0.25, 0.3) is 0 Å². The topological polar surface area (TPSA) is 54.4 Å². The van der Waals surface area contributed by atoms with E-state index in [1.54, 1.807) is 6.07 Å². The monoisotopic (exact) mass is 328 g/mol. The highest BCUT2D eigenvalue weighted by molar-refractivity contribution is 6.30. The molecule has 0 spiro atoms. The minimum atomic E-state index is -0.856. The molecular weight excluding hydrogens is 312 g/mol. The van der Waals surface area contributed by atoms with Crippen LogP contribution < -0.4 is 0 Å². The highest BCUT2D eigenvalue weighted by Gasteiger charge is 2.51. The van der Waals surface area contributed by atoms with E-state index < -0.39 is 11.4 Å². The van der Waals surface area contributed by atoms with E-state index in [2.05, 4.69) is 0 Å². The SMILES string of the molecule is O=C(Cc1ccc(Cl)cc1-c1ccccc1)CC1(C(=O)O)CC1. The Morgan fingerprint density at radius 2 is 1.78 bits per heavy atom. The van der Waals surface area contributed by atoms with Gasteiger partial charge in [0, 0.05) is 17.9 Å². The Balaban J connectivity index is 1.83. The number of carboxylic acids is 1. The number of halogens is 1. The summed E-state index contributed by atoms with van der Waals surface area (Å²) in [5, 5.41) is 9.83. The Hall–Kier alpha value is -2.13. The minimum absolute atomic E-state index is 0.0376. The van der Waals surface area contributed by atoms with Gasteiger partial charge in [-0.3, -0.25) is 9.59 Å². The summed E-state index contributed by atoms with van der Waals surface area (Å²) in [7, 11) is 0. The fourth-order valence-corrected chi connectivity index (χ4v) is 3.03. The van der Waals surface area contributed by atoms with Crippen LogP contribution in [0.3, 0.4) is 0 Å². The largest absolute Gasteiger partial charge is 0.481 e. The average molecular weight is 329 g/mol. The summed E-state index contributed by atoms with van der Waals surface area (Å²) in [6, 6.07) is 15.2. The molecule has 2 aromatic carbocycles. The second-order valence-corrected chi connectivity index (χ2v) is 6.58. The second kappa shape index (κ2) is 6.17. The number of benzene rings is 2. The molecule has 1 fully saturated rings. The Morgan fingerprint density at radius 1 is 1.09 bits per heavy atom. The lowest BCUT2D eigenvalue weighted by atomic mass is 9.92. The van der Waals surface area contributed by atoms with Crippen LogP contribution in [-0.4, -0.2) is 16.9 Å². The van der Waals surface area contributed by atoms with Crippen LogP contribution in [0.1, 0.15) is 24.8 Å². The molecule has 1 saturated carbocycles. The van der Waals surface area contributed by atoms with Gasteiger partial charge in [-0.15, -0.1) is 0 Å². The maximum Gasteiger partial charge on any atom is 0.310 e. The summed E-state index contributed by atoms with van der Waals surface area (Å²) in [6.07, 6.45) is 1.54. The molecule has 118 valence electrons. The number of Topliss-reactive ketones (excluding diaryl/α,β-unsaturated/α-hetero) is 1. The number of carbonyl (C=O) groups excluding carboxylic acids is 1. The molecule has 1 aliphatic rings. The van der Waals surface area contributed by atoms with Crippen LogP contribution in [0.5, 0.6) is 0 Å². The van der Waals surface area contributed by atoms with Crippen LogP contribution in [0.25, 0.3) is 11.1 Å². The molecule has 4 heteroatoms. The zero-order valence-corrected chi connectivity index (χ0v) is 13.3. The first kappa shape index (κ1) is 15.8. The Kier molecular flexibility index (Phi) is 4.22. The van der Waals surface area contributed by atoms with Crippen molar-refractivity contribution in [3.05, 3.63) is 59.1 Å². The molecular formula is C19H17ClO3. The first-order valence-electron chi connectivity index (χ1n) is 7.59. The van der Waals surface area contributed by atoms with Gasteiger partial charge < -0.3 is 5.11 Å². The van der Waals surface area contributed by atoms with Crippen LogP contribution >= 0.6 is 11.6 Å². The number of aliphatic carboxylic acids is 1. The highest BCUT2D eigenvalue weighted by Crippen LogP contribution is 2.49. The van der Waals surface area contributed by atoms with Crippen LogP contribution in [0.2, 0.25) is 5.02 Å². The van der Waals surface area contributed by atoms with E-state index in [-0.39, 0.29) is 18.6 Å². The molecule has 1 aliphatic carbocycles. The van der Waals surface area contributed by atoms with E-state index in [0.717, 1.165) is 16.7 Å². The first-order chi connectivity index (χ1) is 11.0. The van der Waals surface area contributed by atoms with Gasteiger partial charge in [-0.05, 0) is 41.7 Å². The van der Waals surface area contributed by atoms with Crippen molar-refractivity contribution >= 4 is 23.4 Å². The third kappa shape index (κ3) is 3.45. The molecule has 0 aliphatic heterocycles. The molecule has 0 radical (unpaired) electrons. The molecule has 0 atom stereocenters. The molecule has 0 saturated heterocycles. The van der Waals surface area contributed by atoms with Gasteiger partial charge in [-0.2, -0.15) is 0 Å². The summed E-state index contributed by atoms with van der Waals surface area (Å²) in [6.45, 7) is 0. The Morgan fingerprint density at radius 3 is 2.39 bits per heavy atom. The van der Waals surface area contributed by atoms with Crippen molar-refractivity contribution in [2.45, 2.75) is 25.7 Å². The summed E-state index contributed by atoms with van der Waals surface area (Å²) in [5.41, 5.74) is 1.99. The van der Waals surface area contributed by atoms with E-state index in [0.29, 0.717) is 17.9 Å². The van der Waals surface area contributed by atoms with Crippen molar-refractivity contribution in [2.24, 2.45) is 5.41 Å². The predicted molar refractivity (Wildman–Crippen MR) is 89.5 cm³/mol. The zero-order chi connectivity index (χ0) is 16.4. The lowest BCUT2D eigenvalue weighted by Crippen LogP contribution is -2.20. The highest BCUT2D eigenvalue weighted by atomic mass is 35.5. The standard InChI is InChI=1S/C19H17ClO3/c20-15-7-6-14(17(11-15)13-4-2-1-3-5-13)10-16(21)12-19(8-9-19)18(22)23/h1-7,11H,8-10,12H2,(H,22,23). The first-order valence-corrected chi connectivity index (χ1v) is 7.97. The van der Waals surface area contributed by atoms with Gasteiger partial charge in [0.15, 0.2) is 0 Å². The minimum Gasteiger partial charge on any atom is -0.481 e. The normalized spacial score (nSPS) is 15.2. The summed E-state index contributed by atoms with van der Waals surface area (Å²) >= 11 is 6.10. The number of hydrogen-bond donors (Lipinski definition) is 1. The molecule has 2 aromatic rings. The lowest BCUT2D eigenvalue weighted by Gasteiger charge is -2.12. The van der Waals surface area contributed by atoms with E-state index in [9.17, 15) is 14.7 Å². The van der Waals surface area contributed by atoms with Crippen LogP contribution in [0.15, 0.2) is 48.5 Å². The van der Waals surface area contributed by atoms with Gasteiger partial charge in [0.05, 0.1) is 5.41 Å². The van der Waals surface area contributed by atoms with Crippen LogP contribution in [0, 0.1) is 5.41 Å². The van der Waals surface area contributed by atoms with Gasteiger partial charge in [0.2, 0.25) is 0 Å². The summed E-state index contributed by atoms with van der Waals surface area (Å²) in [5.74, 6) is -0.894. The quantitative estimate of drug-likeness (QED) is 0.856. The smallest absolute Gasteiger partial charge is 0.310 e. The molecule has 0 bridgehead atoms. The molecule has 0 unspecified atom stereocenters. The lowest BCUT2D eigenvalue weighted by molar-refractivity contribution is -0.145. The molecule has 3 rings (SSSR count). The van der Waals surface area contributed by atoms with Crippen molar-refractivity contribution in [3.8, 4) is 11.1 Å². The number of hydrogen-bond acceptors (Lipinski definition) is 2. The van der Waals surface area contributed by atoms with Gasteiger partial charge >= 0.3 is 5.97 Å². The number of rotatable bonds is 6. The average Bonchev–Trinajstić information content (AvgIpc) is 3.31. The van der Waals surface area contributed by atoms with Gasteiger partial charge in [-0.25, -0.2) is 0 Å². The zero-order valence-electron chi connectivity index (χ0n) is 12.6. The van der Waals surface area contributed by atoms with E-state index in [1.165, 1.54) is 0 Å². The van der Waals surface area contributed by atoms with Gasteiger partial charge in [0.1, 0.15) is 5.78 Å². The summed E-state index contributed by atoms with van der Waals surface area (Å²) < 4.78 is 0.